The summed E-state index contributed by atoms with van der Waals surface area (Å²) in [6.07, 6.45) is 2.98. The zero-order valence-electron chi connectivity index (χ0n) is 7.88. The summed E-state index contributed by atoms with van der Waals surface area (Å²) < 4.78 is 5.35. The summed E-state index contributed by atoms with van der Waals surface area (Å²) in [6.45, 7) is 1.90. The Morgan fingerprint density at radius 1 is 1.27 bits per heavy atom. The van der Waals surface area contributed by atoms with Crippen LogP contribution in [-0.4, -0.2) is 20.2 Å². The van der Waals surface area contributed by atoms with Crippen LogP contribution < -0.4 is 4.74 Å². The minimum absolute atomic E-state index is 0.0487. The van der Waals surface area contributed by atoms with Crippen molar-refractivity contribution in [2.24, 2.45) is 0 Å². The molecule has 0 spiro atoms. The Balaban J connectivity index is 2.18. The van der Waals surface area contributed by atoms with Gasteiger partial charge in [0, 0.05) is 5.69 Å². The van der Waals surface area contributed by atoms with E-state index >= 15 is 0 Å². The first kappa shape index (κ1) is 9.79. The summed E-state index contributed by atoms with van der Waals surface area (Å²) in [4.78, 5) is 7.91. The summed E-state index contributed by atoms with van der Waals surface area (Å²) in [6, 6.07) is 3.63. The molecule has 0 aliphatic heterocycles. The Morgan fingerprint density at radius 3 is 2.80 bits per heavy atom. The van der Waals surface area contributed by atoms with Gasteiger partial charge in [-0.3, -0.25) is 4.98 Å². The van der Waals surface area contributed by atoms with Crippen LogP contribution in [0.5, 0.6) is 11.6 Å². The summed E-state index contributed by atoms with van der Waals surface area (Å²) in [5, 5.41) is 7.16. The van der Waals surface area contributed by atoms with Gasteiger partial charge in [-0.1, -0.05) is 0 Å². The van der Waals surface area contributed by atoms with Crippen molar-refractivity contribution in [1.82, 2.24) is 20.2 Å². The van der Waals surface area contributed by atoms with Crippen LogP contribution in [0.2, 0.25) is 5.28 Å². The molecule has 5 nitrogen and oxygen atoms in total. The molecular weight excluding hydrogens is 216 g/mol. The molecule has 6 heteroatoms. The molecule has 2 heterocycles. The van der Waals surface area contributed by atoms with E-state index < -0.39 is 0 Å². The second kappa shape index (κ2) is 4.18. The molecule has 0 bridgehead atoms. The van der Waals surface area contributed by atoms with Crippen molar-refractivity contribution in [3.05, 3.63) is 35.5 Å². The monoisotopic (exact) mass is 222 g/mol. The van der Waals surface area contributed by atoms with E-state index in [-0.39, 0.29) is 5.28 Å². The summed E-state index contributed by atoms with van der Waals surface area (Å²) in [7, 11) is 0. The van der Waals surface area contributed by atoms with Gasteiger partial charge >= 0.3 is 0 Å². The maximum atomic E-state index is 5.56. The van der Waals surface area contributed by atoms with Crippen LogP contribution in [0.3, 0.4) is 0 Å². The van der Waals surface area contributed by atoms with Gasteiger partial charge in [0.15, 0.2) is 0 Å². The largest absolute Gasteiger partial charge is 0.436 e. The molecule has 0 amide bonds. The first-order valence-electron chi connectivity index (χ1n) is 4.20. The molecule has 0 N–H and O–H groups in total. The predicted molar refractivity (Wildman–Crippen MR) is 53.9 cm³/mol. The maximum Gasteiger partial charge on any atom is 0.246 e. The van der Waals surface area contributed by atoms with Crippen molar-refractivity contribution in [3.8, 4) is 11.6 Å². The summed E-state index contributed by atoms with van der Waals surface area (Å²) in [5.41, 5.74) is 0.918. The molecule has 0 fully saturated rings. The van der Waals surface area contributed by atoms with E-state index in [0.717, 1.165) is 5.69 Å². The number of rotatable bonds is 2. The van der Waals surface area contributed by atoms with E-state index in [9.17, 15) is 0 Å². The van der Waals surface area contributed by atoms with Gasteiger partial charge in [-0.05, 0) is 30.7 Å². The van der Waals surface area contributed by atoms with Crippen molar-refractivity contribution < 1.29 is 4.74 Å². The van der Waals surface area contributed by atoms with Gasteiger partial charge in [0.2, 0.25) is 11.2 Å². The van der Waals surface area contributed by atoms with E-state index in [4.69, 9.17) is 16.3 Å². The van der Waals surface area contributed by atoms with E-state index in [0.29, 0.717) is 11.6 Å². The van der Waals surface area contributed by atoms with E-state index in [1.165, 1.54) is 6.20 Å². The quantitative estimate of drug-likeness (QED) is 0.778. The second-order valence-corrected chi connectivity index (χ2v) is 3.14. The fourth-order valence-electron chi connectivity index (χ4n) is 0.953. The van der Waals surface area contributed by atoms with Gasteiger partial charge in [-0.2, -0.15) is 10.1 Å². The number of pyridine rings is 1. The standard InChI is InChI=1S/C9H7ClN4O/c1-6-2-3-7(4-11-6)15-8-5-12-14-9(10)13-8/h2-5H,1H3. The highest BCUT2D eigenvalue weighted by atomic mass is 35.5. The Kier molecular flexibility index (Phi) is 2.73. The molecule has 0 saturated carbocycles. The molecule has 0 radical (unpaired) electrons. The fraction of sp³-hybridized carbons (Fsp3) is 0.111. The minimum atomic E-state index is 0.0487. The van der Waals surface area contributed by atoms with Crippen molar-refractivity contribution in [2.75, 3.05) is 0 Å². The summed E-state index contributed by atoms with van der Waals surface area (Å²) >= 11 is 5.56. The van der Waals surface area contributed by atoms with E-state index in [1.54, 1.807) is 12.3 Å². The first-order chi connectivity index (χ1) is 7.24. The van der Waals surface area contributed by atoms with Gasteiger partial charge < -0.3 is 4.74 Å². The molecule has 0 saturated heterocycles. The third-order valence-corrected chi connectivity index (χ3v) is 1.78. The Morgan fingerprint density at radius 2 is 2.13 bits per heavy atom. The number of halogens is 1. The van der Waals surface area contributed by atoms with Gasteiger partial charge in [-0.25, -0.2) is 0 Å². The fourth-order valence-corrected chi connectivity index (χ4v) is 1.08. The number of hydrogen-bond donors (Lipinski definition) is 0. The number of nitrogens with zero attached hydrogens (tertiary/aromatic N) is 4. The molecular formula is C9H7ClN4O. The molecule has 15 heavy (non-hydrogen) atoms. The third kappa shape index (κ3) is 2.60. The van der Waals surface area contributed by atoms with Gasteiger partial charge in [0.1, 0.15) is 11.9 Å². The van der Waals surface area contributed by atoms with Crippen LogP contribution in [0.25, 0.3) is 0 Å². The highest BCUT2D eigenvalue weighted by Gasteiger charge is 2.00. The Hall–Kier alpha value is -1.75. The van der Waals surface area contributed by atoms with Gasteiger partial charge in [0.05, 0.1) is 6.20 Å². The van der Waals surface area contributed by atoms with Crippen molar-refractivity contribution in [2.45, 2.75) is 6.92 Å². The lowest BCUT2D eigenvalue weighted by Crippen LogP contribution is -1.92. The smallest absolute Gasteiger partial charge is 0.246 e. The number of aryl methyl sites for hydroxylation is 1. The molecule has 2 aromatic heterocycles. The number of aromatic nitrogens is 4. The lowest BCUT2D eigenvalue weighted by molar-refractivity contribution is 0.455. The van der Waals surface area contributed by atoms with Crippen LogP contribution in [0.1, 0.15) is 5.69 Å². The zero-order chi connectivity index (χ0) is 10.7. The van der Waals surface area contributed by atoms with E-state index in [2.05, 4.69) is 20.2 Å². The molecule has 0 unspecified atom stereocenters. The molecule has 76 valence electrons. The third-order valence-electron chi connectivity index (χ3n) is 1.62. The van der Waals surface area contributed by atoms with Crippen LogP contribution in [0, 0.1) is 6.92 Å². The Labute approximate surface area is 91.1 Å². The molecule has 2 aromatic rings. The predicted octanol–water partition coefficient (Wildman–Crippen LogP) is 2.02. The average Bonchev–Trinajstić information content (AvgIpc) is 2.22. The lowest BCUT2D eigenvalue weighted by Gasteiger charge is -2.02. The van der Waals surface area contributed by atoms with Crippen molar-refractivity contribution >= 4 is 11.6 Å². The SMILES string of the molecule is Cc1ccc(Oc2cnnc(Cl)n2)cn1. The Bertz CT molecular complexity index is 460. The first-order valence-corrected chi connectivity index (χ1v) is 4.57. The highest BCUT2D eigenvalue weighted by Crippen LogP contribution is 2.17. The van der Waals surface area contributed by atoms with Crippen LogP contribution in [-0.2, 0) is 0 Å². The van der Waals surface area contributed by atoms with E-state index in [1.807, 2.05) is 13.0 Å². The van der Waals surface area contributed by atoms with Crippen molar-refractivity contribution in [3.63, 3.8) is 0 Å². The molecule has 0 aliphatic carbocycles. The highest BCUT2D eigenvalue weighted by molar-refractivity contribution is 6.28. The van der Waals surface area contributed by atoms with Crippen molar-refractivity contribution in [1.29, 1.82) is 0 Å². The average molecular weight is 223 g/mol. The normalized spacial score (nSPS) is 10.0. The molecule has 2 rings (SSSR count). The van der Waals surface area contributed by atoms with Crippen LogP contribution in [0.4, 0.5) is 0 Å². The second-order valence-electron chi connectivity index (χ2n) is 2.80. The number of hydrogen-bond acceptors (Lipinski definition) is 5. The number of ether oxygens (including phenoxy) is 1. The van der Waals surface area contributed by atoms with Crippen LogP contribution >= 0.6 is 11.6 Å². The zero-order valence-corrected chi connectivity index (χ0v) is 8.64. The molecule has 0 aromatic carbocycles. The topological polar surface area (TPSA) is 60.8 Å². The summed E-state index contributed by atoms with van der Waals surface area (Å²) in [5.74, 6) is 0.873. The van der Waals surface area contributed by atoms with Gasteiger partial charge in [-0.15, -0.1) is 5.10 Å². The molecule has 0 aliphatic rings. The molecule has 0 atom stereocenters. The maximum absolute atomic E-state index is 5.56. The van der Waals surface area contributed by atoms with Crippen LogP contribution in [0.15, 0.2) is 24.5 Å². The lowest BCUT2D eigenvalue weighted by atomic mass is 10.4. The van der Waals surface area contributed by atoms with Gasteiger partial charge in [0.25, 0.3) is 0 Å². The minimum Gasteiger partial charge on any atom is -0.436 e.